The van der Waals surface area contributed by atoms with Crippen LogP contribution in [0.1, 0.15) is 32.3 Å². The zero-order valence-corrected chi connectivity index (χ0v) is 13.5. The Bertz CT molecular complexity index is 472. The molecule has 1 rings (SSSR count). The number of carbonyl (C=O) groups excluding carboxylic acids is 2. The van der Waals surface area contributed by atoms with E-state index >= 15 is 0 Å². The molecule has 122 valence electrons. The molecule has 0 radical (unpaired) electrons. The van der Waals surface area contributed by atoms with Crippen molar-refractivity contribution in [3.8, 4) is 0 Å². The first-order valence-electron chi connectivity index (χ1n) is 7.59. The van der Waals surface area contributed by atoms with E-state index in [0.29, 0.717) is 13.0 Å². The number of hydrogen-bond acceptors (Lipinski definition) is 3. The largest absolute Gasteiger partial charge is 0.352 e. The highest BCUT2D eigenvalue weighted by Crippen LogP contribution is 2.09. The quantitative estimate of drug-likeness (QED) is 0.553. The maximum atomic E-state index is 11.6. The van der Waals surface area contributed by atoms with Crippen LogP contribution in [0, 0.1) is 0 Å². The fourth-order valence-corrected chi connectivity index (χ4v) is 1.85. The minimum atomic E-state index is -0.222. The lowest BCUT2D eigenvalue weighted by atomic mass is 10.2. The molecular formula is C16H26N4O2. The van der Waals surface area contributed by atoms with Crippen molar-refractivity contribution < 1.29 is 9.59 Å². The third-order valence-electron chi connectivity index (χ3n) is 2.95. The van der Waals surface area contributed by atoms with Crippen molar-refractivity contribution in [3.63, 3.8) is 0 Å². The third-order valence-corrected chi connectivity index (χ3v) is 2.95. The van der Waals surface area contributed by atoms with Crippen LogP contribution < -0.4 is 21.3 Å². The Balaban J connectivity index is 2.35. The van der Waals surface area contributed by atoms with Crippen molar-refractivity contribution in [2.45, 2.75) is 39.3 Å². The first-order chi connectivity index (χ1) is 10.5. The van der Waals surface area contributed by atoms with E-state index in [1.807, 2.05) is 45.2 Å². The lowest BCUT2D eigenvalue weighted by Gasteiger charge is -2.11. The second-order valence-electron chi connectivity index (χ2n) is 5.43. The van der Waals surface area contributed by atoms with Gasteiger partial charge in [-0.1, -0.05) is 12.1 Å². The van der Waals surface area contributed by atoms with Gasteiger partial charge in [0.1, 0.15) is 0 Å². The van der Waals surface area contributed by atoms with Crippen molar-refractivity contribution in [2.24, 2.45) is 0 Å². The van der Waals surface area contributed by atoms with Crippen LogP contribution >= 0.6 is 0 Å². The van der Waals surface area contributed by atoms with Crippen LogP contribution in [-0.4, -0.2) is 31.6 Å². The highest BCUT2D eigenvalue weighted by molar-refractivity contribution is 5.89. The maximum absolute atomic E-state index is 11.6. The topological polar surface area (TPSA) is 82.3 Å². The van der Waals surface area contributed by atoms with Crippen LogP contribution in [0.2, 0.25) is 0 Å². The van der Waals surface area contributed by atoms with E-state index in [4.69, 9.17) is 0 Å². The Morgan fingerprint density at radius 1 is 1.14 bits per heavy atom. The molecule has 0 fully saturated rings. The van der Waals surface area contributed by atoms with E-state index in [0.717, 1.165) is 24.2 Å². The molecule has 22 heavy (non-hydrogen) atoms. The average molecular weight is 306 g/mol. The molecule has 3 amide bonds. The molecule has 1 aromatic rings. The zero-order valence-electron chi connectivity index (χ0n) is 13.5. The highest BCUT2D eigenvalue weighted by Gasteiger charge is 2.04. The average Bonchev–Trinajstić information content (AvgIpc) is 2.46. The molecule has 0 heterocycles. The molecule has 4 N–H and O–H groups in total. The number of carbonyl (C=O) groups is 2. The van der Waals surface area contributed by atoms with Gasteiger partial charge in [-0.05, 0) is 51.6 Å². The summed E-state index contributed by atoms with van der Waals surface area (Å²) in [6.45, 7) is 5.15. The van der Waals surface area contributed by atoms with Crippen molar-refractivity contribution >= 4 is 17.6 Å². The number of hydrogen-bond donors (Lipinski definition) is 4. The van der Waals surface area contributed by atoms with Crippen LogP contribution in [0.15, 0.2) is 24.3 Å². The Morgan fingerprint density at radius 3 is 2.41 bits per heavy atom. The van der Waals surface area contributed by atoms with Crippen molar-refractivity contribution in [3.05, 3.63) is 29.8 Å². The van der Waals surface area contributed by atoms with Crippen LogP contribution in [0.3, 0.4) is 0 Å². The molecule has 6 nitrogen and oxygen atoms in total. The predicted octanol–water partition coefficient (Wildman–Crippen LogP) is 1.83. The van der Waals surface area contributed by atoms with Gasteiger partial charge in [-0.15, -0.1) is 0 Å². The van der Waals surface area contributed by atoms with Gasteiger partial charge in [-0.25, -0.2) is 4.79 Å². The fourth-order valence-electron chi connectivity index (χ4n) is 1.85. The van der Waals surface area contributed by atoms with Crippen LogP contribution in [0.5, 0.6) is 0 Å². The SMILES string of the molecule is CNCCCC(=O)NCc1ccc(NC(=O)NC(C)C)cc1. The van der Waals surface area contributed by atoms with Crippen LogP contribution in [0.25, 0.3) is 0 Å². The maximum Gasteiger partial charge on any atom is 0.319 e. The van der Waals surface area contributed by atoms with E-state index in [-0.39, 0.29) is 18.0 Å². The summed E-state index contributed by atoms with van der Waals surface area (Å²) in [5.74, 6) is 0.0498. The molecule has 0 aromatic heterocycles. The Morgan fingerprint density at radius 2 is 1.82 bits per heavy atom. The van der Waals surface area contributed by atoms with Gasteiger partial charge in [0.25, 0.3) is 0 Å². The standard InChI is InChI=1S/C16H26N4O2/c1-12(2)19-16(22)20-14-8-6-13(7-9-14)11-18-15(21)5-4-10-17-3/h6-9,12,17H,4-5,10-11H2,1-3H3,(H,18,21)(H2,19,20,22). The fraction of sp³-hybridized carbons (Fsp3) is 0.500. The first kappa shape index (κ1) is 18.0. The molecular weight excluding hydrogens is 280 g/mol. The lowest BCUT2D eigenvalue weighted by molar-refractivity contribution is -0.121. The van der Waals surface area contributed by atoms with Crippen molar-refractivity contribution in [1.82, 2.24) is 16.0 Å². The summed E-state index contributed by atoms with van der Waals surface area (Å²) >= 11 is 0. The number of amides is 3. The second kappa shape index (κ2) is 9.78. The number of urea groups is 1. The summed E-state index contributed by atoms with van der Waals surface area (Å²) in [7, 11) is 1.87. The highest BCUT2D eigenvalue weighted by atomic mass is 16.2. The van der Waals surface area contributed by atoms with E-state index in [1.165, 1.54) is 0 Å². The number of nitrogens with one attached hydrogen (secondary N) is 4. The van der Waals surface area contributed by atoms with Crippen molar-refractivity contribution in [1.29, 1.82) is 0 Å². The lowest BCUT2D eigenvalue weighted by Crippen LogP contribution is -2.34. The van der Waals surface area contributed by atoms with Gasteiger partial charge in [0, 0.05) is 24.7 Å². The molecule has 0 unspecified atom stereocenters. The zero-order chi connectivity index (χ0) is 16.4. The summed E-state index contributed by atoms with van der Waals surface area (Å²) < 4.78 is 0. The van der Waals surface area contributed by atoms with E-state index in [9.17, 15) is 9.59 Å². The van der Waals surface area contributed by atoms with Gasteiger partial charge >= 0.3 is 6.03 Å². The number of benzene rings is 1. The second-order valence-corrected chi connectivity index (χ2v) is 5.43. The minimum absolute atomic E-state index is 0.0498. The molecule has 0 saturated carbocycles. The molecule has 6 heteroatoms. The minimum Gasteiger partial charge on any atom is -0.352 e. The summed E-state index contributed by atoms with van der Waals surface area (Å²) in [5, 5.41) is 11.4. The van der Waals surface area contributed by atoms with E-state index in [1.54, 1.807) is 0 Å². The smallest absolute Gasteiger partial charge is 0.319 e. The van der Waals surface area contributed by atoms with Crippen LogP contribution in [0.4, 0.5) is 10.5 Å². The number of anilines is 1. The monoisotopic (exact) mass is 306 g/mol. The molecule has 0 aliphatic rings. The van der Waals surface area contributed by atoms with Gasteiger partial charge in [0.15, 0.2) is 0 Å². The number of rotatable bonds is 8. The summed E-state index contributed by atoms with van der Waals surface area (Å²) in [4.78, 5) is 23.2. The van der Waals surface area contributed by atoms with E-state index < -0.39 is 0 Å². The molecule has 0 atom stereocenters. The first-order valence-corrected chi connectivity index (χ1v) is 7.59. The van der Waals surface area contributed by atoms with Crippen LogP contribution in [-0.2, 0) is 11.3 Å². The van der Waals surface area contributed by atoms with Gasteiger partial charge in [-0.2, -0.15) is 0 Å². The van der Waals surface area contributed by atoms with Gasteiger partial charge in [0.2, 0.25) is 5.91 Å². The Kier molecular flexibility index (Phi) is 7.99. The molecule has 0 bridgehead atoms. The molecule has 0 saturated heterocycles. The Hall–Kier alpha value is -2.08. The predicted molar refractivity (Wildman–Crippen MR) is 88.7 cm³/mol. The van der Waals surface area contributed by atoms with E-state index in [2.05, 4.69) is 21.3 Å². The molecule has 0 aliphatic heterocycles. The van der Waals surface area contributed by atoms with Gasteiger partial charge < -0.3 is 21.3 Å². The molecule has 0 spiro atoms. The molecule has 1 aromatic carbocycles. The normalized spacial score (nSPS) is 10.4. The summed E-state index contributed by atoms with van der Waals surface area (Å²) in [6.07, 6.45) is 1.35. The Labute approximate surface area is 132 Å². The van der Waals surface area contributed by atoms with Gasteiger partial charge in [0.05, 0.1) is 0 Å². The third kappa shape index (κ3) is 7.64. The molecule has 0 aliphatic carbocycles. The summed E-state index contributed by atoms with van der Waals surface area (Å²) in [5.41, 5.74) is 1.72. The van der Waals surface area contributed by atoms with Gasteiger partial charge in [-0.3, -0.25) is 4.79 Å². The summed E-state index contributed by atoms with van der Waals surface area (Å²) in [6, 6.07) is 7.29. The van der Waals surface area contributed by atoms with Crippen molar-refractivity contribution in [2.75, 3.05) is 18.9 Å².